The number of carbonyl (C=O) groups excluding carboxylic acids is 4. The van der Waals surface area contributed by atoms with E-state index in [1.165, 1.54) is 36.0 Å². The van der Waals surface area contributed by atoms with Crippen LogP contribution in [0, 0.1) is 0 Å². The molecule has 4 rings (SSSR count). The van der Waals surface area contributed by atoms with Gasteiger partial charge < -0.3 is 9.15 Å². The van der Waals surface area contributed by atoms with E-state index in [-0.39, 0.29) is 34.4 Å². The molecular weight excluding hydrogens is 466 g/mol. The van der Waals surface area contributed by atoms with Crippen molar-refractivity contribution in [3.63, 3.8) is 0 Å². The number of furan rings is 1. The lowest BCUT2D eigenvalue weighted by atomic mass is 10.1. The third-order valence-electron chi connectivity index (χ3n) is 4.98. The number of ketones is 1. The molecular formula is C24H18ClNO6S. The van der Waals surface area contributed by atoms with Gasteiger partial charge in [-0.2, -0.15) is 0 Å². The Morgan fingerprint density at radius 1 is 1.06 bits per heavy atom. The van der Waals surface area contributed by atoms with E-state index in [4.69, 9.17) is 20.8 Å². The Balaban J connectivity index is 1.35. The summed E-state index contributed by atoms with van der Waals surface area (Å²) in [7, 11) is 0. The number of rotatable bonds is 8. The van der Waals surface area contributed by atoms with Crippen molar-refractivity contribution in [2.45, 2.75) is 17.4 Å². The van der Waals surface area contributed by atoms with E-state index < -0.39 is 23.6 Å². The summed E-state index contributed by atoms with van der Waals surface area (Å²) in [5.41, 5.74) is 0.830. The number of Topliss-reactive ketones (excluding diaryl/α,β-unsaturated/α-hetero) is 1. The molecule has 2 heterocycles. The largest absolute Gasteiger partial charge is 0.468 e. The van der Waals surface area contributed by atoms with Gasteiger partial charge in [0.15, 0.2) is 6.61 Å². The van der Waals surface area contributed by atoms with Crippen molar-refractivity contribution in [2.24, 2.45) is 0 Å². The van der Waals surface area contributed by atoms with Crippen LogP contribution in [0.4, 0.5) is 5.69 Å². The minimum atomic E-state index is -0.701. The molecule has 1 unspecified atom stereocenters. The lowest BCUT2D eigenvalue weighted by Gasteiger charge is -2.15. The molecule has 1 saturated heterocycles. The van der Waals surface area contributed by atoms with Gasteiger partial charge in [-0.25, -0.2) is 9.69 Å². The Morgan fingerprint density at radius 2 is 1.82 bits per heavy atom. The van der Waals surface area contributed by atoms with Gasteiger partial charge in [-0.3, -0.25) is 14.4 Å². The number of imide groups is 1. The Labute approximate surface area is 198 Å². The topological polar surface area (TPSA) is 93.9 Å². The molecule has 168 valence electrons. The quantitative estimate of drug-likeness (QED) is 0.264. The number of nitrogens with zero attached hydrogens (tertiary/aromatic N) is 1. The number of esters is 1. The predicted octanol–water partition coefficient (Wildman–Crippen LogP) is 4.54. The molecule has 1 aliphatic heterocycles. The van der Waals surface area contributed by atoms with Gasteiger partial charge in [0.05, 0.1) is 33.5 Å². The van der Waals surface area contributed by atoms with Gasteiger partial charge in [0.25, 0.3) is 0 Å². The summed E-state index contributed by atoms with van der Waals surface area (Å²) in [6, 6.07) is 16.0. The highest BCUT2D eigenvalue weighted by molar-refractivity contribution is 7.99. The summed E-state index contributed by atoms with van der Waals surface area (Å²) in [5.74, 6) is -0.517. The van der Waals surface area contributed by atoms with Crippen molar-refractivity contribution >= 4 is 52.6 Å². The van der Waals surface area contributed by atoms with Crippen molar-refractivity contribution in [3.8, 4) is 0 Å². The summed E-state index contributed by atoms with van der Waals surface area (Å²) >= 11 is 7.33. The summed E-state index contributed by atoms with van der Waals surface area (Å²) < 4.78 is 10.4. The van der Waals surface area contributed by atoms with Crippen LogP contribution >= 0.6 is 23.4 Å². The number of carbonyl (C=O) groups is 4. The maximum atomic E-state index is 12.7. The van der Waals surface area contributed by atoms with Crippen molar-refractivity contribution in [3.05, 3.63) is 88.8 Å². The molecule has 1 aliphatic rings. The van der Waals surface area contributed by atoms with Gasteiger partial charge in [0, 0.05) is 12.0 Å². The lowest BCUT2D eigenvalue weighted by molar-refractivity contribution is -0.121. The highest BCUT2D eigenvalue weighted by Crippen LogP contribution is 2.31. The van der Waals surface area contributed by atoms with Gasteiger partial charge >= 0.3 is 5.97 Å². The minimum absolute atomic E-state index is 0.0954. The van der Waals surface area contributed by atoms with Gasteiger partial charge in [0.1, 0.15) is 5.76 Å². The van der Waals surface area contributed by atoms with E-state index >= 15 is 0 Å². The molecule has 1 atom stereocenters. The Morgan fingerprint density at radius 3 is 2.52 bits per heavy atom. The number of hydrogen-bond donors (Lipinski definition) is 0. The zero-order valence-electron chi connectivity index (χ0n) is 17.2. The number of ether oxygens (including phenoxy) is 1. The van der Waals surface area contributed by atoms with E-state index in [2.05, 4.69) is 0 Å². The molecule has 7 nitrogen and oxygen atoms in total. The van der Waals surface area contributed by atoms with E-state index in [0.29, 0.717) is 11.4 Å². The number of amides is 2. The Kier molecular flexibility index (Phi) is 6.96. The van der Waals surface area contributed by atoms with Crippen LogP contribution in [0.3, 0.4) is 0 Å². The molecule has 0 spiro atoms. The molecule has 0 bridgehead atoms. The van der Waals surface area contributed by atoms with Gasteiger partial charge in [0.2, 0.25) is 17.6 Å². The molecule has 1 aromatic heterocycles. The normalized spacial score (nSPS) is 15.7. The lowest BCUT2D eigenvalue weighted by Crippen LogP contribution is -2.31. The summed E-state index contributed by atoms with van der Waals surface area (Å²) in [4.78, 5) is 50.8. The molecule has 0 aliphatic carbocycles. The number of thioether (sulfide) groups is 1. The van der Waals surface area contributed by atoms with E-state index in [1.54, 1.807) is 36.6 Å². The fraction of sp³-hybridized carbons (Fsp3) is 0.167. The molecule has 2 amide bonds. The summed E-state index contributed by atoms with van der Waals surface area (Å²) in [6.45, 7) is -0.456. The first-order valence-electron chi connectivity index (χ1n) is 9.99. The van der Waals surface area contributed by atoms with Crippen LogP contribution in [0.1, 0.15) is 32.9 Å². The van der Waals surface area contributed by atoms with Crippen molar-refractivity contribution in [1.82, 2.24) is 0 Å². The Bertz CT molecular complexity index is 1190. The first kappa shape index (κ1) is 22.8. The zero-order valence-corrected chi connectivity index (χ0v) is 18.8. The van der Waals surface area contributed by atoms with E-state index in [0.717, 1.165) is 10.7 Å². The molecule has 0 N–H and O–H groups in total. The highest BCUT2D eigenvalue weighted by atomic mass is 35.5. The van der Waals surface area contributed by atoms with Crippen LogP contribution in [0.25, 0.3) is 0 Å². The maximum Gasteiger partial charge on any atom is 0.338 e. The number of hydrogen-bond acceptors (Lipinski definition) is 7. The fourth-order valence-electron chi connectivity index (χ4n) is 3.31. The average molecular weight is 484 g/mol. The summed E-state index contributed by atoms with van der Waals surface area (Å²) in [6.07, 6.45) is 1.65. The third-order valence-corrected chi connectivity index (χ3v) is 6.53. The van der Waals surface area contributed by atoms with Crippen molar-refractivity contribution < 1.29 is 28.3 Å². The molecule has 1 fully saturated rings. The van der Waals surface area contributed by atoms with Gasteiger partial charge in [-0.05, 0) is 48.5 Å². The van der Waals surface area contributed by atoms with Crippen LogP contribution in [0.15, 0.2) is 71.3 Å². The van der Waals surface area contributed by atoms with Crippen molar-refractivity contribution in [2.75, 3.05) is 11.5 Å². The van der Waals surface area contributed by atoms with E-state index in [9.17, 15) is 19.2 Å². The molecule has 0 radical (unpaired) electrons. The number of benzene rings is 2. The predicted molar refractivity (Wildman–Crippen MR) is 123 cm³/mol. The van der Waals surface area contributed by atoms with Crippen LogP contribution in [0.2, 0.25) is 5.02 Å². The molecule has 33 heavy (non-hydrogen) atoms. The van der Waals surface area contributed by atoms with Crippen LogP contribution in [-0.4, -0.2) is 35.4 Å². The zero-order chi connectivity index (χ0) is 23.4. The second kappa shape index (κ2) is 10.1. The van der Waals surface area contributed by atoms with Gasteiger partial charge in [-0.15, -0.1) is 11.8 Å². The summed E-state index contributed by atoms with van der Waals surface area (Å²) in [5, 5.41) is -0.216. The standard InChI is InChI=1S/C24H18ClNO6S/c25-19-6-2-1-5-18(19)20(27)13-32-24(30)15-7-9-16(10-8-15)26-22(28)12-21(23(26)29)33-14-17-4-3-11-31-17/h1-11,21H,12-14H2. The average Bonchev–Trinajstić information content (AvgIpc) is 3.43. The molecule has 2 aromatic carbocycles. The first-order valence-corrected chi connectivity index (χ1v) is 11.4. The second-order valence-electron chi connectivity index (χ2n) is 7.18. The number of anilines is 1. The Hall–Kier alpha value is -3.36. The second-order valence-corrected chi connectivity index (χ2v) is 8.77. The molecule has 9 heteroatoms. The third kappa shape index (κ3) is 5.18. The van der Waals surface area contributed by atoms with Crippen molar-refractivity contribution in [1.29, 1.82) is 0 Å². The van der Waals surface area contributed by atoms with Crippen LogP contribution in [-0.2, 0) is 20.1 Å². The first-order chi connectivity index (χ1) is 15.9. The van der Waals surface area contributed by atoms with Crippen LogP contribution in [0.5, 0.6) is 0 Å². The van der Waals surface area contributed by atoms with E-state index in [1.807, 2.05) is 6.07 Å². The minimum Gasteiger partial charge on any atom is -0.468 e. The van der Waals surface area contributed by atoms with Crippen LogP contribution < -0.4 is 4.90 Å². The highest BCUT2D eigenvalue weighted by Gasteiger charge is 2.39. The molecule has 3 aromatic rings. The number of halogens is 1. The molecule has 0 saturated carbocycles. The fourth-order valence-corrected chi connectivity index (χ4v) is 4.59. The maximum absolute atomic E-state index is 12.7. The van der Waals surface area contributed by atoms with Gasteiger partial charge in [-0.1, -0.05) is 23.7 Å². The SMILES string of the molecule is O=C(OCC(=O)c1ccccc1Cl)c1ccc(N2C(=O)CC(SCc3ccco3)C2=O)cc1. The monoisotopic (exact) mass is 483 g/mol. The smallest absolute Gasteiger partial charge is 0.338 e.